The Balaban J connectivity index is 1.98. The van der Waals surface area contributed by atoms with E-state index in [1.54, 1.807) is 0 Å². The normalized spacial score (nSPS) is 12.0. The van der Waals surface area contributed by atoms with E-state index in [0.29, 0.717) is 18.1 Å². The summed E-state index contributed by atoms with van der Waals surface area (Å²) < 4.78 is 22.4. The minimum absolute atomic E-state index is 0.0728. The number of aromatic nitrogens is 1. The molecule has 23 heavy (non-hydrogen) atoms. The molecule has 0 aliphatic carbocycles. The van der Waals surface area contributed by atoms with Gasteiger partial charge in [0.25, 0.3) is 0 Å². The van der Waals surface area contributed by atoms with Crippen LogP contribution in [-0.2, 0) is 22.3 Å². The first-order valence-corrected chi connectivity index (χ1v) is 8.49. The molecule has 0 aromatic carbocycles. The highest BCUT2D eigenvalue weighted by Crippen LogP contribution is 2.12. The van der Waals surface area contributed by atoms with Gasteiger partial charge in [-0.15, -0.1) is 0 Å². The summed E-state index contributed by atoms with van der Waals surface area (Å²) in [5, 5.41) is 8.76. The van der Waals surface area contributed by atoms with E-state index in [4.69, 9.17) is 14.3 Å². The van der Waals surface area contributed by atoms with Crippen LogP contribution in [0.25, 0.3) is 0 Å². The highest BCUT2D eigenvalue weighted by atomic mass is 32.2. The molecule has 0 saturated heterocycles. The number of nitrogens with one attached hydrogen (secondary N) is 1. The average Bonchev–Trinajstić information content (AvgIpc) is 2.95. The molecule has 1 unspecified atom stereocenters. The van der Waals surface area contributed by atoms with Crippen molar-refractivity contribution in [1.82, 2.24) is 4.98 Å². The third kappa shape index (κ3) is 4.82. The molecule has 124 valence electrons. The molecule has 0 bridgehead atoms. The van der Waals surface area contributed by atoms with Crippen LogP contribution >= 0.6 is 0 Å². The molecular weight excluding hydrogens is 322 g/mol. The third-order valence-corrected chi connectivity index (χ3v) is 4.13. The van der Waals surface area contributed by atoms with Crippen LogP contribution in [0.1, 0.15) is 35.4 Å². The highest BCUT2D eigenvalue weighted by molar-refractivity contribution is 7.83. The van der Waals surface area contributed by atoms with E-state index in [-0.39, 0.29) is 28.4 Å². The van der Waals surface area contributed by atoms with E-state index in [9.17, 15) is 13.8 Å². The number of ether oxygens (including phenoxy) is 1. The number of rotatable bonds is 8. The van der Waals surface area contributed by atoms with Gasteiger partial charge in [0.2, 0.25) is 11.2 Å². The molecule has 0 radical (unpaired) electrons. The number of carboxylic acid groups (broad SMARTS) is 1. The lowest BCUT2D eigenvalue weighted by Gasteiger charge is -2.05. The second-order valence-electron chi connectivity index (χ2n) is 4.83. The molecule has 2 aromatic rings. The zero-order valence-corrected chi connectivity index (χ0v) is 13.4. The van der Waals surface area contributed by atoms with E-state index in [2.05, 4.69) is 4.98 Å². The molecule has 0 aliphatic heterocycles. The Morgan fingerprint density at radius 1 is 1.39 bits per heavy atom. The first-order chi connectivity index (χ1) is 11.0. The van der Waals surface area contributed by atoms with Gasteiger partial charge in [-0.2, -0.15) is 0 Å². The first-order valence-electron chi connectivity index (χ1n) is 7.01. The van der Waals surface area contributed by atoms with Crippen LogP contribution in [0.4, 0.5) is 0 Å². The van der Waals surface area contributed by atoms with Crippen molar-refractivity contribution in [3.8, 4) is 5.75 Å². The summed E-state index contributed by atoms with van der Waals surface area (Å²) in [6.45, 7) is 2.40. The van der Waals surface area contributed by atoms with E-state index in [1.165, 1.54) is 24.4 Å². The summed E-state index contributed by atoms with van der Waals surface area (Å²) in [6, 6.07) is 4.15. The van der Waals surface area contributed by atoms with Crippen LogP contribution in [0.5, 0.6) is 5.75 Å². The lowest BCUT2D eigenvalue weighted by Crippen LogP contribution is -2.11. The Morgan fingerprint density at radius 3 is 2.78 bits per heavy atom. The largest absolute Gasteiger partial charge is 0.488 e. The van der Waals surface area contributed by atoms with Gasteiger partial charge in [0.05, 0.1) is 18.1 Å². The van der Waals surface area contributed by atoms with E-state index >= 15 is 0 Å². The molecule has 1 atom stereocenters. The van der Waals surface area contributed by atoms with Crippen LogP contribution in [-0.4, -0.2) is 26.9 Å². The summed E-state index contributed by atoms with van der Waals surface area (Å²) in [7, 11) is -1.34. The maximum absolute atomic E-state index is 12.1. The fourth-order valence-corrected chi connectivity index (χ4v) is 2.95. The number of H-pyrrole nitrogens is 1. The van der Waals surface area contributed by atoms with E-state index in [0.717, 1.165) is 6.42 Å². The van der Waals surface area contributed by atoms with Crippen molar-refractivity contribution in [3.63, 3.8) is 0 Å². The fourth-order valence-electron chi connectivity index (χ4n) is 1.86. The Bertz CT molecular complexity index is 763. The van der Waals surface area contributed by atoms with Crippen LogP contribution in [0.2, 0.25) is 0 Å². The Hall–Kier alpha value is -2.35. The average molecular weight is 339 g/mol. The third-order valence-electron chi connectivity index (χ3n) is 2.89. The van der Waals surface area contributed by atoms with Gasteiger partial charge in [0.1, 0.15) is 5.76 Å². The van der Waals surface area contributed by atoms with Crippen molar-refractivity contribution in [2.45, 2.75) is 24.9 Å². The summed E-state index contributed by atoms with van der Waals surface area (Å²) in [6.07, 6.45) is 2.26. The van der Waals surface area contributed by atoms with Crippen molar-refractivity contribution >= 4 is 16.8 Å². The number of carbonyl (C=O) groups is 1. The van der Waals surface area contributed by atoms with E-state index in [1.807, 2.05) is 6.92 Å². The van der Waals surface area contributed by atoms with Gasteiger partial charge in [0, 0.05) is 28.8 Å². The van der Waals surface area contributed by atoms with Gasteiger partial charge in [-0.1, -0.05) is 6.92 Å². The lowest BCUT2D eigenvalue weighted by atomic mass is 10.3. The summed E-state index contributed by atoms with van der Waals surface area (Å²) in [5.74, 6) is -0.600. The minimum atomic E-state index is -1.34. The first kappa shape index (κ1) is 17.0. The fraction of sp³-hybridized carbons (Fsp3) is 0.333. The number of hydrogen-bond donors (Lipinski definition) is 2. The number of pyridine rings is 1. The van der Waals surface area contributed by atoms with Crippen LogP contribution in [0, 0.1) is 0 Å². The van der Waals surface area contributed by atoms with Gasteiger partial charge in [-0.3, -0.25) is 9.00 Å². The molecule has 0 aliphatic rings. The SMILES string of the molecule is CCCOc1c[nH]c(CS(=O)Cc2ccc(C(=O)O)o2)cc1=O. The number of aromatic carboxylic acids is 1. The second kappa shape index (κ2) is 7.77. The smallest absolute Gasteiger partial charge is 0.371 e. The van der Waals surface area contributed by atoms with Crippen molar-refractivity contribution in [2.24, 2.45) is 0 Å². The Morgan fingerprint density at radius 2 is 2.17 bits per heavy atom. The van der Waals surface area contributed by atoms with Crippen LogP contribution in [0.3, 0.4) is 0 Å². The monoisotopic (exact) mass is 339 g/mol. The molecule has 0 spiro atoms. The predicted octanol–water partition coefficient (Wildman–Crippen LogP) is 1.90. The van der Waals surface area contributed by atoms with Crippen molar-refractivity contribution in [3.05, 3.63) is 51.8 Å². The van der Waals surface area contributed by atoms with Gasteiger partial charge < -0.3 is 19.2 Å². The predicted molar refractivity (Wildman–Crippen MR) is 84.1 cm³/mol. The zero-order chi connectivity index (χ0) is 16.8. The van der Waals surface area contributed by atoms with Gasteiger partial charge in [-0.05, 0) is 18.6 Å². The molecule has 2 aromatic heterocycles. The van der Waals surface area contributed by atoms with Crippen LogP contribution in [0.15, 0.2) is 33.6 Å². The highest BCUT2D eigenvalue weighted by Gasteiger charge is 2.12. The van der Waals surface area contributed by atoms with Gasteiger partial charge >= 0.3 is 5.97 Å². The van der Waals surface area contributed by atoms with Crippen molar-refractivity contribution in [2.75, 3.05) is 6.61 Å². The number of hydrogen-bond acceptors (Lipinski definition) is 5. The van der Waals surface area contributed by atoms with Crippen molar-refractivity contribution < 1.29 is 23.3 Å². The maximum Gasteiger partial charge on any atom is 0.371 e. The standard InChI is InChI=1S/C15H17NO6S/c1-2-5-21-14-7-16-10(6-12(14)17)8-23(20)9-11-3-4-13(22-11)15(18)19/h3-4,6-7H,2,5,8-9H2,1H3,(H,16,17)(H,18,19). The molecule has 2 rings (SSSR count). The molecule has 0 fully saturated rings. The Labute approximate surface area is 134 Å². The van der Waals surface area contributed by atoms with Gasteiger partial charge in [0.15, 0.2) is 5.75 Å². The molecule has 8 heteroatoms. The van der Waals surface area contributed by atoms with E-state index < -0.39 is 16.8 Å². The number of aromatic amines is 1. The summed E-state index contributed by atoms with van der Waals surface area (Å²) in [4.78, 5) is 25.4. The number of carboxylic acids is 1. The minimum Gasteiger partial charge on any atom is -0.488 e. The summed E-state index contributed by atoms with van der Waals surface area (Å²) >= 11 is 0. The molecule has 7 nitrogen and oxygen atoms in total. The zero-order valence-electron chi connectivity index (χ0n) is 12.5. The van der Waals surface area contributed by atoms with Gasteiger partial charge in [-0.25, -0.2) is 4.79 Å². The number of furan rings is 1. The van der Waals surface area contributed by atoms with Crippen LogP contribution < -0.4 is 10.2 Å². The molecule has 0 saturated carbocycles. The van der Waals surface area contributed by atoms with Crippen molar-refractivity contribution in [1.29, 1.82) is 0 Å². The molecular formula is C15H17NO6S. The lowest BCUT2D eigenvalue weighted by molar-refractivity contribution is 0.0660. The Kier molecular flexibility index (Phi) is 5.75. The second-order valence-corrected chi connectivity index (χ2v) is 6.29. The molecule has 0 amide bonds. The summed E-state index contributed by atoms with van der Waals surface area (Å²) in [5.41, 5.74) is 0.248. The molecule has 2 heterocycles. The maximum atomic E-state index is 12.1. The topological polar surface area (TPSA) is 110 Å². The molecule has 2 N–H and O–H groups in total. The quantitative estimate of drug-likeness (QED) is 0.760.